The maximum Gasteiger partial charge on any atom is 0.324 e. The molecular weight excluding hydrogens is 428 g/mol. The zero-order valence-corrected chi connectivity index (χ0v) is 17.7. The average molecular weight is 447 g/mol. The first-order valence-electron chi connectivity index (χ1n) is 9.25. The summed E-state index contributed by atoms with van der Waals surface area (Å²) in [6.07, 6.45) is 1.12. The molecule has 0 N–H and O–H groups in total. The van der Waals surface area contributed by atoms with Crippen LogP contribution in [0.15, 0.2) is 57.9 Å². The molecular formula is C20H19ClN4O4S. The maximum atomic E-state index is 12.8. The van der Waals surface area contributed by atoms with Crippen molar-refractivity contribution in [2.75, 3.05) is 37.3 Å². The molecule has 1 amide bonds. The van der Waals surface area contributed by atoms with Crippen LogP contribution in [0, 0.1) is 0 Å². The van der Waals surface area contributed by atoms with Crippen molar-refractivity contribution in [3.05, 3.63) is 59.1 Å². The van der Waals surface area contributed by atoms with E-state index >= 15 is 0 Å². The van der Waals surface area contributed by atoms with Crippen LogP contribution in [0.5, 0.6) is 0 Å². The number of amides is 1. The molecule has 8 nitrogen and oxygen atoms in total. The van der Waals surface area contributed by atoms with Gasteiger partial charge in [-0.1, -0.05) is 35.0 Å². The second-order valence-electron chi connectivity index (χ2n) is 6.99. The van der Waals surface area contributed by atoms with Gasteiger partial charge in [0.25, 0.3) is 5.91 Å². The number of carbonyl (C=O) groups excluding carboxylic acids is 1. The third kappa shape index (κ3) is 4.31. The number of halogens is 1. The fraction of sp³-hybridized carbons (Fsp3) is 0.250. The highest BCUT2D eigenvalue weighted by Crippen LogP contribution is 2.23. The van der Waals surface area contributed by atoms with Gasteiger partial charge in [0.15, 0.2) is 9.84 Å². The van der Waals surface area contributed by atoms with Gasteiger partial charge in [0.1, 0.15) is 0 Å². The summed E-state index contributed by atoms with van der Waals surface area (Å²) in [4.78, 5) is 21.0. The lowest BCUT2D eigenvalue weighted by atomic mass is 10.2. The Kier molecular flexibility index (Phi) is 5.48. The van der Waals surface area contributed by atoms with Crippen LogP contribution in [0.25, 0.3) is 11.4 Å². The number of anilines is 1. The second-order valence-corrected chi connectivity index (χ2v) is 9.44. The van der Waals surface area contributed by atoms with E-state index in [-0.39, 0.29) is 10.8 Å². The smallest absolute Gasteiger partial charge is 0.324 e. The minimum Gasteiger partial charge on any atom is -0.335 e. The first-order chi connectivity index (χ1) is 14.3. The van der Waals surface area contributed by atoms with Gasteiger partial charge in [0.2, 0.25) is 5.82 Å². The minimum absolute atomic E-state index is 0.131. The third-order valence-corrected chi connectivity index (χ3v) is 6.19. The first-order valence-corrected chi connectivity index (χ1v) is 11.5. The largest absolute Gasteiger partial charge is 0.335 e. The molecule has 1 fully saturated rings. The number of benzene rings is 2. The molecule has 0 unspecified atom stereocenters. The molecule has 1 aliphatic heterocycles. The lowest BCUT2D eigenvalue weighted by molar-refractivity contribution is 0.0744. The first kappa shape index (κ1) is 20.4. The molecule has 0 aliphatic carbocycles. The molecule has 156 valence electrons. The Morgan fingerprint density at radius 3 is 2.50 bits per heavy atom. The highest BCUT2D eigenvalue weighted by atomic mass is 35.5. The molecule has 1 aliphatic rings. The van der Waals surface area contributed by atoms with Crippen LogP contribution in [0.3, 0.4) is 0 Å². The quantitative estimate of drug-likeness (QED) is 0.607. The normalized spacial score (nSPS) is 14.7. The number of hydrogen-bond acceptors (Lipinski definition) is 7. The van der Waals surface area contributed by atoms with E-state index in [0.29, 0.717) is 48.6 Å². The van der Waals surface area contributed by atoms with Gasteiger partial charge in [-0.2, -0.15) is 4.98 Å². The van der Waals surface area contributed by atoms with Crippen molar-refractivity contribution < 1.29 is 17.7 Å². The van der Waals surface area contributed by atoms with Crippen LogP contribution < -0.4 is 4.90 Å². The van der Waals surface area contributed by atoms with Gasteiger partial charge in [-0.15, -0.1) is 0 Å². The molecule has 30 heavy (non-hydrogen) atoms. The molecule has 0 saturated carbocycles. The van der Waals surface area contributed by atoms with Crippen molar-refractivity contribution in [3.8, 4) is 11.4 Å². The van der Waals surface area contributed by atoms with E-state index in [1.807, 2.05) is 17.0 Å². The van der Waals surface area contributed by atoms with E-state index in [9.17, 15) is 13.2 Å². The van der Waals surface area contributed by atoms with E-state index in [1.165, 1.54) is 12.1 Å². The Labute approximate surface area is 179 Å². The number of piperazine rings is 1. The minimum atomic E-state index is -3.37. The molecule has 4 rings (SSSR count). The SMILES string of the molecule is CS(=O)(=O)c1cccc(C(=O)N2CCN(c3nc(-c4cccc(Cl)c4)no3)CC2)c1. The predicted molar refractivity (Wildman–Crippen MR) is 112 cm³/mol. The Bertz CT molecular complexity index is 1190. The molecule has 3 aromatic rings. The topological polar surface area (TPSA) is 96.6 Å². The van der Waals surface area contributed by atoms with Crippen LogP contribution in [-0.4, -0.2) is 61.8 Å². The average Bonchev–Trinajstić information content (AvgIpc) is 3.23. The predicted octanol–water partition coefficient (Wildman–Crippen LogP) is 2.76. The van der Waals surface area contributed by atoms with Crippen molar-refractivity contribution in [1.29, 1.82) is 0 Å². The van der Waals surface area contributed by atoms with Crippen LogP contribution in [0.1, 0.15) is 10.4 Å². The zero-order chi connectivity index (χ0) is 21.3. The van der Waals surface area contributed by atoms with Crippen LogP contribution in [0.4, 0.5) is 6.01 Å². The molecule has 10 heteroatoms. The molecule has 0 bridgehead atoms. The van der Waals surface area contributed by atoms with Crippen LogP contribution in [0.2, 0.25) is 5.02 Å². The maximum absolute atomic E-state index is 12.8. The summed E-state index contributed by atoms with van der Waals surface area (Å²) in [5.74, 6) is 0.244. The molecule has 1 saturated heterocycles. The number of rotatable bonds is 4. The monoisotopic (exact) mass is 446 g/mol. The van der Waals surface area contributed by atoms with Crippen molar-refractivity contribution in [2.45, 2.75) is 4.90 Å². The van der Waals surface area contributed by atoms with Gasteiger partial charge in [-0.25, -0.2) is 8.42 Å². The van der Waals surface area contributed by atoms with E-state index in [1.54, 1.807) is 29.2 Å². The fourth-order valence-electron chi connectivity index (χ4n) is 3.23. The van der Waals surface area contributed by atoms with Gasteiger partial charge in [0.05, 0.1) is 4.90 Å². The Morgan fingerprint density at radius 2 is 1.80 bits per heavy atom. The molecule has 2 heterocycles. The summed E-state index contributed by atoms with van der Waals surface area (Å²) < 4.78 is 28.9. The standard InChI is InChI=1S/C20H19ClN4O4S/c1-30(27,28)17-7-3-5-15(13-17)19(26)24-8-10-25(11-9-24)20-22-18(23-29-20)14-4-2-6-16(21)12-14/h2-7,12-13H,8-11H2,1H3. The molecule has 0 radical (unpaired) electrons. The highest BCUT2D eigenvalue weighted by molar-refractivity contribution is 7.90. The van der Waals surface area contributed by atoms with Crippen molar-refractivity contribution in [1.82, 2.24) is 15.0 Å². The summed E-state index contributed by atoms with van der Waals surface area (Å²) in [5, 5.41) is 4.60. The van der Waals surface area contributed by atoms with Crippen LogP contribution in [-0.2, 0) is 9.84 Å². The van der Waals surface area contributed by atoms with Crippen molar-refractivity contribution in [3.63, 3.8) is 0 Å². The molecule has 1 aromatic heterocycles. The van der Waals surface area contributed by atoms with Gasteiger partial charge < -0.3 is 14.3 Å². The van der Waals surface area contributed by atoms with E-state index in [4.69, 9.17) is 16.1 Å². The third-order valence-electron chi connectivity index (χ3n) is 4.84. The van der Waals surface area contributed by atoms with E-state index < -0.39 is 9.84 Å². The van der Waals surface area contributed by atoms with E-state index in [0.717, 1.165) is 11.8 Å². The zero-order valence-electron chi connectivity index (χ0n) is 16.2. The lowest BCUT2D eigenvalue weighted by Crippen LogP contribution is -2.49. The van der Waals surface area contributed by atoms with Gasteiger partial charge in [-0.3, -0.25) is 4.79 Å². The summed E-state index contributed by atoms with van der Waals surface area (Å²) in [6.45, 7) is 1.96. The fourth-order valence-corrected chi connectivity index (χ4v) is 4.09. The lowest BCUT2D eigenvalue weighted by Gasteiger charge is -2.33. The number of sulfone groups is 1. The Balaban J connectivity index is 1.43. The molecule has 2 aromatic carbocycles. The Hall–Kier alpha value is -2.91. The molecule has 0 atom stereocenters. The van der Waals surface area contributed by atoms with Crippen molar-refractivity contribution in [2.24, 2.45) is 0 Å². The Morgan fingerprint density at radius 1 is 1.07 bits per heavy atom. The van der Waals surface area contributed by atoms with E-state index in [2.05, 4.69) is 10.1 Å². The summed E-state index contributed by atoms with van der Waals surface area (Å²) in [6, 6.07) is 13.7. The number of aromatic nitrogens is 2. The number of nitrogens with zero attached hydrogens (tertiary/aromatic N) is 4. The second kappa shape index (κ2) is 8.08. The number of carbonyl (C=O) groups is 1. The summed E-state index contributed by atoms with van der Waals surface area (Å²) in [7, 11) is -3.37. The van der Waals surface area contributed by atoms with Gasteiger partial charge in [-0.05, 0) is 30.3 Å². The molecule has 0 spiro atoms. The van der Waals surface area contributed by atoms with Gasteiger partial charge in [0, 0.05) is 48.6 Å². The van der Waals surface area contributed by atoms with Crippen LogP contribution >= 0.6 is 11.6 Å². The summed E-state index contributed by atoms with van der Waals surface area (Å²) in [5.41, 5.74) is 1.12. The highest BCUT2D eigenvalue weighted by Gasteiger charge is 2.26. The van der Waals surface area contributed by atoms with Crippen molar-refractivity contribution >= 4 is 33.4 Å². The number of hydrogen-bond donors (Lipinski definition) is 0. The van der Waals surface area contributed by atoms with Gasteiger partial charge >= 0.3 is 6.01 Å². The summed E-state index contributed by atoms with van der Waals surface area (Å²) >= 11 is 6.01.